The van der Waals surface area contributed by atoms with Gasteiger partial charge in [-0.15, -0.1) is 11.3 Å². The zero-order valence-corrected chi connectivity index (χ0v) is 19.7. The van der Waals surface area contributed by atoms with Gasteiger partial charge in [-0.1, -0.05) is 32.0 Å². The number of carbonyl (C=O) groups is 1. The van der Waals surface area contributed by atoms with Crippen LogP contribution in [0.3, 0.4) is 0 Å². The van der Waals surface area contributed by atoms with Crippen molar-refractivity contribution in [1.29, 1.82) is 5.26 Å². The van der Waals surface area contributed by atoms with Crippen LogP contribution in [0.15, 0.2) is 34.4 Å². The highest BCUT2D eigenvalue weighted by atomic mass is 32.1. The average Bonchev–Trinajstić information content (AvgIpc) is 3.24. The second-order valence-corrected chi connectivity index (χ2v) is 9.73. The molecule has 4 rings (SSSR count). The Morgan fingerprint density at radius 3 is 2.91 bits per heavy atom. The fourth-order valence-electron chi connectivity index (χ4n) is 4.05. The van der Waals surface area contributed by atoms with Crippen LogP contribution in [-0.4, -0.2) is 41.1 Å². The number of thiophene rings is 1. The maximum absolute atomic E-state index is 13.6. The van der Waals surface area contributed by atoms with Crippen LogP contribution in [0.4, 0.5) is 5.95 Å². The van der Waals surface area contributed by atoms with E-state index in [1.807, 2.05) is 30.9 Å². The summed E-state index contributed by atoms with van der Waals surface area (Å²) in [6.07, 6.45) is 1.82. The van der Waals surface area contributed by atoms with E-state index in [-0.39, 0.29) is 24.1 Å². The number of amides is 1. The largest absolute Gasteiger partial charge is 0.352 e. The molecule has 0 spiro atoms. The molecule has 2 aromatic heterocycles. The molecule has 1 atom stereocenters. The zero-order chi connectivity index (χ0) is 23.5. The van der Waals surface area contributed by atoms with Gasteiger partial charge in [-0.05, 0) is 30.4 Å². The van der Waals surface area contributed by atoms with Gasteiger partial charge in [0, 0.05) is 31.1 Å². The summed E-state index contributed by atoms with van der Waals surface area (Å²) in [6.45, 7) is 6.13. The molecule has 8 nitrogen and oxygen atoms in total. The first-order valence-corrected chi connectivity index (χ1v) is 12.1. The Morgan fingerprint density at radius 2 is 2.18 bits per heavy atom. The van der Waals surface area contributed by atoms with Crippen molar-refractivity contribution in [2.75, 3.05) is 24.5 Å². The molecule has 1 saturated heterocycles. The van der Waals surface area contributed by atoms with Crippen molar-refractivity contribution in [2.24, 2.45) is 11.7 Å². The highest BCUT2D eigenvalue weighted by Gasteiger charge is 2.25. The summed E-state index contributed by atoms with van der Waals surface area (Å²) < 4.78 is 2.05. The van der Waals surface area contributed by atoms with Crippen LogP contribution in [0.1, 0.15) is 48.2 Å². The van der Waals surface area contributed by atoms with Gasteiger partial charge in [0.15, 0.2) is 0 Å². The third-order valence-corrected chi connectivity index (χ3v) is 6.74. The maximum atomic E-state index is 13.6. The second-order valence-electron chi connectivity index (χ2n) is 8.85. The monoisotopic (exact) mass is 464 g/mol. The summed E-state index contributed by atoms with van der Waals surface area (Å²) in [5.74, 6) is 0.581. The predicted molar refractivity (Wildman–Crippen MR) is 131 cm³/mol. The standard InChI is InChI=1S/C24H28N6O2S/c1-15(2)11-27-22(31)19-14-33-21-20(19)28-24(29-9-5-8-18(26)13-29)30(23(21)32)12-17-7-4-3-6-16(17)10-25/h3-4,6-7,14-15,18H,5,8-9,11-13,26H2,1-2H3,(H,27,31). The molecule has 1 fully saturated rings. The van der Waals surface area contributed by atoms with Crippen molar-refractivity contribution in [3.8, 4) is 6.07 Å². The van der Waals surface area contributed by atoms with Crippen molar-refractivity contribution in [2.45, 2.75) is 39.3 Å². The van der Waals surface area contributed by atoms with Gasteiger partial charge in [-0.2, -0.15) is 5.26 Å². The van der Waals surface area contributed by atoms with Crippen molar-refractivity contribution in [3.05, 3.63) is 56.7 Å². The summed E-state index contributed by atoms with van der Waals surface area (Å²) in [4.78, 5) is 33.3. The van der Waals surface area contributed by atoms with E-state index in [1.54, 1.807) is 22.1 Å². The van der Waals surface area contributed by atoms with Gasteiger partial charge in [-0.3, -0.25) is 14.2 Å². The number of benzene rings is 1. The normalized spacial score (nSPS) is 16.2. The summed E-state index contributed by atoms with van der Waals surface area (Å²) >= 11 is 1.23. The lowest BCUT2D eigenvalue weighted by atomic mass is 10.1. The molecule has 3 heterocycles. The summed E-state index contributed by atoms with van der Waals surface area (Å²) in [5.41, 5.74) is 8.12. The molecular formula is C24H28N6O2S. The molecule has 0 radical (unpaired) electrons. The molecule has 1 aliphatic rings. The van der Waals surface area contributed by atoms with Gasteiger partial charge >= 0.3 is 0 Å². The Kier molecular flexibility index (Phi) is 6.77. The fraction of sp³-hybridized carbons (Fsp3) is 0.417. The topological polar surface area (TPSA) is 117 Å². The van der Waals surface area contributed by atoms with E-state index in [0.29, 0.717) is 46.3 Å². The Hall–Kier alpha value is -3.22. The average molecular weight is 465 g/mol. The Balaban J connectivity index is 1.84. The van der Waals surface area contributed by atoms with Gasteiger partial charge in [-0.25, -0.2) is 4.98 Å². The molecule has 0 aliphatic carbocycles. The van der Waals surface area contributed by atoms with Crippen LogP contribution < -0.4 is 21.5 Å². The van der Waals surface area contributed by atoms with E-state index in [0.717, 1.165) is 24.9 Å². The van der Waals surface area contributed by atoms with E-state index >= 15 is 0 Å². The van der Waals surface area contributed by atoms with Crippen molar-refractivity contribution < 1.29 is 4.79 Å². The van der Waals surface area contributed by atoms with Gasteiger partial charge in [0.1, 0.15) is 10.2 Å². The van der Waals surface area contributed by atoms with Crippen LogP contribution in [0, 0.1) is 17.2 Å². The number of nitriles is 1. The van der Waals surface area contributed by atoms with Gasteiger partial charge < -0.3 is 16.0 Å². The predicted octanol–water partition coefficient (Wildman–Crippen LogP) is 2.69. The minimum absolute atomic E-state index is 0.0116. The highest BCUT2D eigenvalue weighted by molar-refractivity contribution is 7.17. The van der Waals surface area contributed by atoms with E-state index in [9.17, 15) is 14.9 Å². The van der Waals surface area contributed by atoms with Crippen LogP contribution >= 0.6 is 11.3 Å². The number of hydrogen-bond donors (Lipinski definition) is 2. The molecule has 33 heavy (non-hydrogen) atoms. The molecule has 3 aromatic rings. The molecule has 1 unspecified atom stereocenters. The van der Waals surface area contributed by atoms with E-state index in [4.69, 9.17) is 10.7 Å². The third-order valence-electron chi connectivity index (χ3n) is 5.78. The summed E-state index contributed by atoms with van der Waals surface area (Å²) in [6, 6.07) is 9.43. The molecule has 1 amide bonds. The SMILES string of the molecule is CC(C)CNC(=O)c1csc2c(=O)n(Cc3ccccc3C#N)c(N3CCCC(N)C3)nc12. The minimum atomic E-state index is -0.226. The minimum Gasteiger partial charge on any atom is -0.352 e. The van der Waals surface area contributed by atoms with Gasteiger partial charge in [0.25, 0.3) is 11.5 Å². The lowest BCUT2D eigenvalue weighted by Crippen LogP contribution is -2.45. The second kappa shape index (κ2) is 9.73. The lowest BCUT2D eigenvalue weighted by molar-refractivity contribution is 0.0951. The number of hydrogen-bond acceptors (Lipinski definition) is 7. The van der Waals surface area contributed by atoms with Crippen molar-refractivity contribution >= 4 is 33.4 Å². The number of anilines is 1. The first-order valence-electron chi connectivity index (χ1n) is 11.2. The van der Waals surface area contributed by atoms with Gasteiger partial charge in [0.2, 0.25) is 5.95 Å². The molecule has 172 valence electrons. The highest BCUT2D eigenvalue weighted by Crippen LogP contribution is 2.26. The van der Waals surface area contributed by atoms with E-state index in [2.05, 4.69) is 11.4 Å². The van der Waals surface area contributed by atoms with E-state index < -0.39 is 0 Å². The Labute approximate surface area is 196 Å². The first kappa shape index (κ1) is 23.0. The number of aromatic nitrogens is 2. The van der Waals surface area contributed by atoms with E-state index in [1.165, 1.54) is 11.3 Å². The molecule has 1 aromatic carbocycles. The molecule has 0 bridgehead atoms. The van der Waals surface area contributed by atoms with Crippen LogP contribution in [0.25, 0.3) is 10.2 Å². The fourth-order valence-corrected chi connectivity index (χ4v) is 4.99. The number of nitrogens with one attached hydrogen (secondary N) is 1. The number of fused-ring (bicyclic) bond motifs is 1. The molecule has 1 aliphatic heterocycles. The number of carbonyl (C=O) groups excluding carboxylic acids is 1. The number of nitrogens with two attached hydrogens (primary N) is 1. The molecule has 9 heteroatoms. The van der Waals surface area contributed by atoms with Crippen LogP contribution in [-0.2, 0) is 6.54 Å². The lowest BCUT2D eigenvalue weighted by Gasteiger charge is -2.33. The molecule has 3 N–H and O–H groups in total. The number of rotatable bonds is 6. The van der Waals surface area contributed by atoms with Crippen LogP contribution in [0.2, 0.25) is 0 Å². The Bertz CT molecular complexity index is 1270. The number of nitrogens with zero attached hydrogens (tertiary/aromatic N) is 4. The smallest absolute Gasteiger partial charge is 0.273 e. The van der Waals surface area contributed by atoms with Gasteiger partial charge in [0.05, 0.1) is 23.7 Å². The van der Waals surface area contributed by atoms with Crippen molar-refractivity contribution in [3.63, 3.8) is 0 Å². The Morgan fingerprint density at radius 1 is 1.39 bits per heavy atom. The summed E-state index contributed by atoms with van der Waals surface area (Å²) in [5, 5.41) is 14.1. The number of piperidine rings is 1. The quantitative estimate of drug-likeness (QED) is 0.579. The van der Waals surface area contributed by atoms with Crippen LogP contribution in [0.5, 0.6) is 0 Å². The first-order chi connectivity index (χ1) is 15.9. The molecular weight excluding hydrogens is 436 g/mol. The van der Waals surface area contributed by atoms with Crippen molar-refractivity contribution in [1.82, 2.24) is 14.9 Å². The third kappa shape index (κ3) is 4.77. The zero-order valence-electron chi connectivity index (χ0n) is 18.9. The summed E-state index contributed by atoms with van der Waals surface area (Å²) in [7, 11) is 0. The molecule has 0 saturated carbocycles. The maximum Gasteiger partial charge on any atom is 0.273 e.